The molecule has 2 aromatic heterocycles. The Labute approximate surface area is 155 Å². The van der Waals surface area contributed by atoms with Gasteiger partial charge in [0, 0.05) is 18.0 Å². The lowest BCUT2D eigenvalue weighted by atomic mass is 10.2. The number of carbonyl (C=O) groups excluding carboxylic acids is 1. The SMILES string of the molecule is CC(=O)Cn1nc(-c2ccncc2Cl)n(-c2ccc(C(F)(F)F)cc2)c1=O. The van der Waals surface area contributed by atoms with E-state index in [0.717, 1.165) is 33.5 Å². The van der Waals surface area contributed by atoms with Crippen molar-refractivity contribution < 1.29 is 18.0 Å². The smallest absolute Gasteiger partial charge is 0.298 e. The number of aromatic nitrogens is 4. The van der Waals surface area contributed by atoms with Crippen LogP contribution in [0.2, 0.25) is 5.02 Å². The molecular formula is C17H12ClF3N4O2. The Bertz CT molecular complexity index is 1060. The summed E-state index contributed by atoms with van der Waals surface area (Å²) in [6.07, 6.45) is -1.71. The molecule has 27 heavy (non-hydrogen) atoms. The van der Waals surface area contributed by atoms with Gasteiger partial charge in [0.25, 0.3) is 0 Å². The van der Waals surface area contributed by atoms with Gasteiger partial charge < -0.3 is 0 Å². The molecule has 0 fully saturated rings. The first-order valence-electron chi connectivity index (χ1n) is 7.65. The van der Waals surface area contributed by atoms with E-state index in [0.29, 0.717) is 5.56 Å². The molecule has 2 heterocycles. The van der Waals surface area contributed by atoms with Gasteiger partial charge in [-0.15, -0.1) is 5.10 Å². The van der Waals surface area contributed by atoms with Crippen molar-refractivity contribution >= 4 is 17.4 Å². The lowest BCUT2D eigenvalue weighted by molar-refractivity contribution is -0.137. The lowest BCUT2D eigenvalue weighted by Gasteiger charge is -2.09. The third-order valence-electron chi connectivity index (χ3n) is 3.68. The second-order valence-corrected chi connectivity index (χ2v) is 6.11. The van der Waals surface area contributed by atoms with Gasteiger partial charge in [-0.1, -0.05) is 11.6 Å². The van der Waals surface area contributed by atoms with Crippen LogP contribution in [0.5, 0.6) is 0 Å². The Balaban J connectivity index is 2.22. The summed E-state index contributed by atoms with van der Waals surface area (Å²) < 4.78 is 40.4. The molecule has 3 rings (SSSR count). The van der Waals surface area contributed by atoms with Crippen molar-refractivity contribution in [3.8, 4) is 17.1 Å². The predicted molar refractivity (Wildman–Crippen MR) is 91.7 cm³/mol. The van der Waals surface area contributed by atoms with E-state index in [9.17, 15) is 22.8 Å². The molecule has 140 valence electrons. The summed E-state index contributed by atoms with van der Waals surface area (Å²) in [5, 5.41) is 4.34. The van der Waals surface area contributed by atoms with Crippen molar-refractivity contribution in [1.29, 1.82) is 0 Å². The lowest BCUT2D eigenvalue weighted by Crippen LogP contribution is -2.26. The van der Waals surface area contributed by atoms with Gasteiger partial charge in [-0.05, 0) is 37.3 Å². The highest BCUT2D eigenvalue weighted by atomic mass is 35.5. The van der Waals surface area contributed by atoms with Gasteiger partial charge in [-0.2, -0.15) is 13.2 Å². The number of hydrogen-bond acceptors (Lipinski definition) is 4. The minimum absolute atomic E-state index is 0.0911. The van der Waals surface area contributed by atoms with Gasteiger partial charge in [0.2, 0.25) is 0 Å². The van der Waals surface area contributed by atoms with Crippen LogP contribution in [0.4, 0.5) is 13.2 Å². The van der Waals surface area contributed by atoms with Crippen LogP contribution in [0.1, 0.15) is 12.5 Å². The fraction of sp³-hybridized carbons (Fsp3) is 0.176. The number of alkyl halides is 3. The van der Waals surface area contributed by atoms with Crippen molar-refractivity contribution in [2.75, 3.05) is 0 Å². The van der Waals surface area contributed by atoms with E-state index >= 15 is 0 Å². The second kappa shape index (κ2) is 6.99. The Kier molecular flexibility index (Phi) is 4.88. The number of hydrogen-bond donors (Lipinski definition) is 0. The minimum atomic E-state index is -4.50. The topological polar surface area (TPSA) is 69.8 Å². The number of benzene rings is 1. The standard InChI is InChI=1S/C17H12ClF3N4O2/c1-10(26)9-24-16(27)25(12-4-2-11(3-5-12)17(19,20)21)15(23-24)13-6-7-22-8-14(13)18/h2-8H,9H2,1H3. The van der Waals surface area contributed by atoms with Gasteiger partial charge in [-0.25, -0.2) is 14.0 Å². The molecule has 0 saturated heterocycles. The first kappa shape index (κ1) is 18.8. The molecule has 0 aliphatic carbocycles. The van der Waals surface area contributed by atoms with Gasteiger partial charge in [-0.3, -0.25) is 9.78 Å². The molecule has 0 N–H and O–H groups in total. The van der Waals surface area contributed by atoms with Gasteiger partial charge in [0.05, 0.1) is 16.3 Å². The van der Waals surface area contributed by atoms with Crippen LogP contribution >= 0.6 is 11.6 Å². The average Bonchev–Trinajstić information content (AvgIpc) is 2.90. The number of pyridine rings is 1. The van der Waals surface area contributed by atoms with Crippen LogP contribution in [0.25, 0.3) is 17.1 Å². The molecule has 3 aromatic rings. The van der Waals surface area contributed by atoms with Crippen LogP contribution in [0, 0.1) is 0 Å². The number of Topliss-reactive ketones (excluding diaryl/α,β-unsaturated/α-hetero) is 1. The molecule has 0 aliphatic heterocycles. The number of rotatable bonds is 4. The van der Waals surface area contributed by atoms with E-state index in [-0.39, 0.29) is 28.9 Å². The van der Waals surface area contributed by atoms with Gasteiger partial charge >= 0.3 is 11.9 Å². The van der Waals surface area contributed by atoms with Crippen molar-refractivity contribution in [3.63, 3.8) is 0 Å². The Morgan fingerprint density at radius 2 is 1.85 bits per heavy atom. The molecular weight excluding hydrogens is 385 g/mol. The van der Waals surface area contributed by atoms with E-state index in [1.807, 2.05) is 0 Å². The summed E-state index contributed by atoms with van der Waals surface area (Å²) >= 11 is 6.13. The summed E-state index contributed by atoms with van der Waals surface area (Å²) in [7, 11) is 0. The van der Waals surface area contributed by atoms with Crippen LogP contribution < -0.4 is 5.69 Å². The summed E-state index contributed by atoms with van der Waals surface area (Å²) in [4.78, 5) is 28.0. The van der Waals surface area contributed by atoms with E-state index < -0.39 is 17.4 Å². The molecule has 6 nitrogen and oxygen atoms in total. The van der Waals surface area contributed by atoms with Crippen LogP contribution in [-0.4, -0.2) is 25.1 Å². The van der Waals surface area contributed by atoms with Crippen molar-refractivity contribution in [3.05, 3.63) is 63.8 Å². The fourth-order valence-electron chi connectivity index (χ4n) is 2.48. The summed E-state index contributed by atoms with van der Waals surface area (Å²) in [6, 6.07) is 5.55. The van der Waals surface area contributed by atoms with Crippen molar-refractivity contribution in [2.24, 2.45) is 0 Å². The number of nitrogens with zero attached hydrogens (tertiary/aromatic N) is 4. The van der Waals surface area contributed by atoms with Crippen LogP contribution in [-0.2, 0) is 17.5 Å². The molecule has 0 saturated carbocycles. The van der Waals surface area contributed by atoms with Crippen LogP contribution in [0.15, 0.2) is 47.5 Å². The van der Waals surface area contributed by atoms with E-state index in [1.54, 1.807) is 0 Å². The number of carbonyl (C=O) groups is 1. The summed E-state index contributed by atoms with van der Waals surface area (Å²) in [5.41, 5.74) is -1.01. The average molecular weight is 397 g/mol. The molecule has 0 aliphatic rings. The van der Waals surface area contributed by atoms with Gasteiger partial charge in [0.1, 0.15) is 6.54 Å². The maximum absolute atomic E-state index is 12.8. The van der Waals surface area contributed by atoms with Gasteiger partial charge in [0.15, 0.2) is 11.6 Å². The zero-order valence-electron chi connectivity index (χ0n) is 13.9. The molecule has 0 unspecified atom stereocenters. The monoisotopic (exact) mass is 396 g/mol. The fourth-order valence-corrected chi connectivity index (χ4v) is 2.69. The maximum Gasteiger partial charge on any atom is 0.416 e. The highest BCUT2D eigenvalue weighted by molar-refractivity contribution is 6.33. The Hall–Kier alpha value is -2.94. The first-order chi connectivity index (χ1) is 12.7. The third kappa shape index (κ3) is 3.77. The molecule has 0 spiro atoms. The van der Waals surface area contributed by atoms with Crippen molar-refractivity contribution in [1.82, 2.24) is 19.3 Å². The molecule has 1 aromatic carbocycles. The number of ketones is 1. The Morgan fingerprint density at radius 3 is 2.41 bits per heavy atom. The molecule has 0 bridgehead atoms. The highest BCUT2D eigenvalue weighted by Gasteiger charge is 2.30. The number of halogens is 4. The van der Waals surface area contributed by atoms with E-state index in [2.05, 4.69) is 10.1 Å². The summed E-state index contributed by atoms with van der Waals surface area (Å²) in [6.45, 7) is 1.02. The third-order valence-corrected chi connectivity index (χ3v) is 3.98. The molecule has 0 atom stereocenters. The first-order valence-corrected chi connectivity index (χ1v) is 8.03. The summed E-state index contributed by atoms with van der Waals surface area (Å²) in [5.74, 6) is -0.213. The molecule has 0 radical (unpaired) electrons. The molecule has 10 heteroatoms. The largest absolute Gasteiger partial charge is 0.416 e. The highest BCUT2D eigenvalue weighted by Crippen LogP contribution is 2.31. The second-order valence-electron chi connectivity index (χ2n) is 5.70. The minimum Gasteiger partial charge on any atom is -0.298 e. The zero-order valence-corrected chi connectivity index (χ0v) is 14.6. The van der Waals surface area contributed by atoms with E-state index in [4.69, 9.17) is 11.6 Å². The normalized spacial score (nSPS) is 11.6. The predicted octanol–water partition coefficient (Wildman–Crippen LogP) is 3.36. The quantitative estimate of drug-likeness (QED) is 0.678. The molecule has 0 amide bonds. The van der Waals surface area contributed by atoms with Crippen molar-refractivity contribution in [2.45, 2.75) is 19.6 Å². The Morgan fingerprint density at radius 1 is 1.19 bits per heavy atom. The van der Waals surface area contributed by atoms with E-state index in [1.165, 1.54) is 25.4 Å². The zero-order chi connectivity index (χ0) is 19.8. The van der Waals surface area contributed by atoms with Crippen LogP contribution in [0.3, 0.4) is 0 Å². The maximum atomic E-state index is 12.8.